The first-order valence-electron chi connectivity index (χ1n) is 7.99. The van der Waals surface area contributed by atoms with Crippen molar-refractivity contribution >= 4 is 5.84 Å². The van der Waals surface area contributed by atoms with Crippen molar-refractivity contribution in [3.63, 3.8) is 0 Å². The molecule has 1 N–H and O–H groups in total. The van der Waals surface area contributed by atoms with Gasteiger partial charge in [0.15, 0.2) is 5.72 Å². The molecule has 0 aliphatic carbocycles. The van der Waals surface area contributed by atoms with Gasteiger partial charge >= 0.3 is 0 Å². The van der Waals surface area contributed by atoms with Gasteiger partial charge in [-0.05, 0) is 19.7 Å². The van der Waals surface area contributed by atoms with Gasteiger partial charge in [-0.3, -0.25) is 4.99 Å². The molecule has 2 aromatic rings. The first-order valence-corrected chi connectivity index (χ1v) is 7.99. The van der Waals surface area contributed by atoms with Crippen LogP contribution in [0.5, 0.6) is 0 Å². The monoisotopic (exact) mass is 307 g/mol. The maximum atomic E-state index is 11.6. The third-order valence-electron chi connectivity index (χ3n) is 4.63. The summed E-state index contributed by atoms with van der Waals surface area (Å²) in [4.78, 5) is 8.76. The average molecular weight is 307 g/mol. The zero-order valence-electron chi connectivity index (χ0n) is 13.5. The van der Waals surface area contributed by atoms with E-state index in [4.69, 9.17) is 0 Å². The van der Waals surface area contributed by atoms with Gasteiger partial charge in [-0.2, -0.15) is 0 Å². The van der Waals surface area contributed by atoms with Crippen molar-refractivity contribution in [2.24, 2.45) is 4.99 Å². The summed E-state index contributed by atoms with van der Waals surface area (Å²) in [5, 5.41) is 11.6. The second-order valence-electron chi connectivity index (χ2n) is 6.51. The van der Waals surface area contributed by atoms with Crippen molar-refractivity contribution in [1.29, 1.82) is 0 Å². The van der Waals surface area contributed by atoms with Gasteiger partial charge in [0.2, 0.25) is 0 Å². The van der Waals surface area contributed by atoms with E-state index in [2.05, 4.69) is 36.1 Å². The van der Waals surface area contributed by atoms with Crippen LogP contribution in [-0.4, -0.2) is 47.9 Å². The van der Waals surface area contributed by atoms with Gasteiger partial charge in [-0.1, -0.05) is 48.5 Å². The van der Waals surface area contributed by atoms with Gasteiger partial charge < -0.3 is 14.9 Å². The van der Waals surface area contributed by atoms with Gasteiger partial charge in [0.05, 0.1) is 6.54 Å². The molecule has 0 amide bonds. The normalized spacial score (nSPS) is 22.3. The Labute approximate surface area is 136 Å². The van der Waals surface area contributed by atoms with Crippen molar-refractivity contribution in [2.45, 2.75) is 12.3 Å². The zero-order valence-corrected chi connectivity index (χ0v) is 13.5. The van der Waals surface area contributed by atoms with Crippen LogP contribution in [0.3, 0.4) is 0 Å². The predicted molar refractivity (Wildman–Crippen MR) is 91.4 cm³/mol. The van der Waals surface area contributed by atoms with E-state index in [1.807, 2.05) is 41.3 Å². The quantitative estimate of drug-likeness (QED) is 0.943. The lowest BCUT2D eigenvalue weighted by molar-refractivity contribution is -0.0242. The Balaban J connectivity index is 1.79. The third kappa shape index (κ3) is 2.10. The van der Waals surface area contributed by atoms with E-state index in [9.17, 15) is 5.11 Å². The fourth-order valence-electron chi connectivity index (χ4n) is 3.64. The molecule has 0 spiro atoms. The summed E-state index contributed by atoms with van der Waals surface area (Å²) < 4.78 is 0. The standard InChI is InChI=1S/C19H21N3O/c1-21(2)13-14-7-9-15(10-8-14)19(23)17-6-4-3-5-16(17)18-20-11-12-22(18)19/h3-10,23H,11-13H2,1-2H3/t19-/m0/s1. The van der Waals surface area contributed by atoms with Crippen molar-refractivity contribution < 1.29 is 5.11 Å². The smallest absolute Gasteiger partial charge is 0.193 e. The van der Waals surface area contributed by atoms with Crippen LogP contribution in [0, 0.1) is 0 Å². The fourth-order valence-corrected chi connectivity index (χ4v) is 3.64. The Morgan fingerprint density at radius 2 is 1.87 bits per heavy atom. The molecule has 4 rings (SSSR count). The molecule has 0 saturated heterocycles. The number of aliphatic hydroxyl groups is 1. The van der Waals surface area contributed by atoms with Gasteiger partial charge in [0.25, 0.3) is 0 Å². The molecular formula is C19H21N3O. The summed E-state index contributed by atoms with van der Waals surface area (Å²) >= 11 is 0. The second kappa shape index (κ2) is 5.18. The summed E-state index contributed by atoms with van der Waals surface area (Å²) in [5.74, 6) is 0.917. The van der Waals surface area contributed by atoms with Crippen LogP contribution >= 0.6 is 0 Å². The molecule has 4 heteroatoms. The second-order valence-corrected chi connectivity index (χ2v) is 6.51. The maximum absolute atomic E-state index is 11.6. The molecule has 0 unspecified atom stereocenters. The van der Waals surface area contributed by atoms with Crippen LogP contribution in [-0.2, 0) is 12.3 Å². The van der Waals surface area contributed by atoms with Crippen LogP contribution in [0.1, 0.15) is 22.3 Å². The van der Waals surface area contributed by atoms with Gasteiger partial charge in [-0.25, -0.2) is 0 Å². The highest BCUT2D eigenvalue weighted by atomic mass is 16.3. The molecule has 2 aromatic carbocycles. The van der Waals surface area contributed by atoms with E-state index in [0.29, 0.717) is 0 Å². The molecular weight excluding hydrogens is 286 g/mol. The van der Waals surface area contributed by atoms with Crippen LogP contribution < -0.4 is 0 Å². The van der Waals surface area contributed by atoms with E-state index in [-0.39, 0.29) is 0 Å². The van der Waals surface area contributed by atoms with Crippen LogP contribution in [0.4, 0.5) is 0 Å². The zero-order chi connectivity index (χ0) is 16.0. The fraction of sp³-hybridized carbons (Fsp3) is 0.316. The summed E-state index contributed by atoms with van der Waals surface area (Å²) in [6, 6.07) is 16.3. The summed E-state index contributed by atoms with van der Waals surface area (Å²) in [6.45, 7) is 2.39. The topological polar surface area (TPSA) is 39.1 Å². The number of fused-ring (bicyclic) bond motifs is 3. The van der Waals surface area contributed by atoms with E-state index >= 15 is 0 Å². The highest BCUT2D eigenvalue weighted by Gasteiger charge is 2.49. The Hall–Kier alpha value is -2.17. The number of rotatable bonds is 3. The maximum Gasteiger partial charge on any atom is 0.193 e. The summed E-state index contributed by atoms with van der Waals surface area (Å²) in [6.07, 6.45) is 0. The SMILES string of the molecule is CN(C)Cc1ccc([C@]2(O)c3ccccc3C3=NCCN32)cc1. The number of hydrogen-bond donors (Lipinski definition) is 1. The molecule has 4 nitrogen and oxygen atoms in total. The minimum absolute atomic E-state index is 0.741. The van der Waals surface area contributed by atoms with Gasteiger partial charge in [0.1, 0.15) is 5.84 Å². The Kier molecular flexibility index (Phi) is 3.25. The molecule has 118 valence electrons. The lowest BCUT2D eigenvalue weighted by atomic mass is 9.93. The van der Waals surface area contributed by atoms with Crippen molar-refractivity contribution in [2.75, 3.05) is 27.2 Å². The lowest BCUT2D eigenvalue weighted by Gasteiger charge is -2.34. The van der Waals surface area contributed by atoms with Gasteiger partial charge in [-0.15, -0.1) is 0 Å². The van der Waals surface area contributed by atoms with E-state index < -0.39 is 5.72 Å². The van der Waals surface area contributed by atoms with E-state index in [0.717, 1.165) is 42.2 Å². The molecule has 2 aliphatic rings. The molecule has 1 atom stereocenters. The molecule has 2 heterocycles. The highest BCUT2D eigenvalue weighted by Crippen LogP contribution is 2.43. The Morgan fingerprint density at radius 1 is 1.13 bits per heavy atom. The van der Waals surface area contributed by atoms with Gasteiger partial charge in [0, 0.05) is 29.8 Å². The number of benzene rings is 2. The largest absolute Gasteiger partial charge is 0.363 e. The molecule has 0 bridgehead atoms. The number of nitrogens with zero attached hydrogens (tertiary/aromatic N) is 3. The van der Waals surface area contributed by atoms with E-state index in [1.165, 1.54) is 5.56 Å². The molecule has 2 aliphatic heterocycles. The summed E-state index contributed by atoms with van der Waals surface area (Å²) in [7, 11) is 4.11. The van der Waals surface area contributed by atoms with Crippen LogP contribution in [0.2, 0.25) is 0 Å². The molecule has 0 aromatic heterocycles. The van der Waals surface area contributed by atoms with Crippen LogP contribution in [0.25, 0.3) is 0 Å². The lowest BCUT2D eigenvalue weighted by Crippen LogP contribution is -2.43. The van der Waals surface area contributed by atoms with Crippen molar-refractivity contribution in [3.05, 3.63) is 70.8 Å². The van der Waals surface area contributed by atoms with Crippen molar-refractivity contribution in [1.82, 2.24) is 9.80 Å². The number of hydrogen-bond acceptors (Lipinski definition) is 4. The Morgan fingerprint density at radius 3 is 2.61 bits per heavy atom. The molecule has 0 radical (unpaired) electrons. The Bertz CT molecular complexity index is 766. The first-order chi connectivity index (χ1) is 11.1. The number of aliphatic imine (C=N–C) groups is 1. The molecule has 0 fully saturated rings. The third-order valence-corrected chi connectivity index (χ3v) is 4.63. The average Bonchev–Trinajstić information content (AvgIpc) is 3.11. The molecule has 23 heavy (non-hydrogen) atoms. The summed E-state index contributed by atoms with van der Waals surface area (Å²) in [5.41, 5.74) is 3.01. The van der Waals surface area contributed by atoms with E-state index in [1.54, 1.807) is 0 Å². The molecule has 0 saturated carbocycles. The minimum Gasteiger partial charge on any atom is -0.363 e. The predicted octanol–water partition coefficient (Wildman–Crippen LogP) is 2.02. The van der Waals surface area contributed by atoms with Crippen molar-refractivity contribution in [3.8, 4) is 0 Å². The number of amidine groups is 1. The first kappa shape index (κ1) is 14.4. The highest BCUT2D eigenvalue weighted by molar-refractivity contribution is 6.05. The van der Waals surface area contributed by atoms with Crippen LogP contribution in [0.15, 0.2) is 53.5 Å². The minimum atomic E-state index is -1.11.